The normalized spacial score (nSPS) is 19.0. The first-order valence-electron chi connectivity index (χ1n) is 10.5. The molecule has 1 aliphatic carbocycles. The maximum atomic E-state index is 12.6. The number of ether oxygens (including phenoxy) is 2. The number of carbonyl (C=O) groups is 2. The van der Waals surface area contributed by atoms with Crippen molar-refractivity contribution in [3.8, 4) is 11.5 Å². The lowest BCUT2D eigenvalue weighted by Crippen LogP contribution is -2.50. The van der Waals surface area contributed by atoms with Crippen molar-refractivity contribution in [2.75, 3.05) is 32.4 Å². The Labute approximate surface area is 180 Å². The van der Waals surface area contributed by atoms with Crippen molar-refractivity contribution in [2.24, 2.45) is 5.92 Å². The van der Waals surface area contributed by atoms with Crippen LogP contribution in [-0.4, -0.2) is 60.1 Å². The number of hydrogen-bond donors (Lipinski definition) is 2. The summed E-state index contributed by atoms with van der Waals surface area (Å²) in [6, 6.07) is 5.58. The van der Waals surface area contributed by atoms with E-state index in [0.29, 0.717) is 18.2 Å². The van der Waals surface area contributed by atoms with Gasteiger partial charge in [0.25, 0.3) is 0 Å². The first-order valence-corrected chi connectivity index (χ1v) is 11.7. The lowest BCUT2D eigenvalue weighted by Gasteiger charge is -2.31. The van der Waals surface area contributed by atoms with Gasteiger partial charge in [0.2, 0.25) is 11.8 Å². The van der Waals surface area contributed by atoms with Crippen molar-refractivity contribution < 1.29 is 19.1 Å². The monoisotopic (exact) mass is 431 g/mol. The van der Waals surface area contributed by atoms with Crippen LogP contribution in [0.2, 0.25) is 0 Å². The van der Waals surface area contributed by atoms with Crippen molar-refractivity contribution >= 4 is 34.5 Å². The van der Waals surface area contributed by atoms with Gasteiger partial charge < -0.3 is 24.7 Å². The van der Waals surface area contributed by atoms with E-state index < -0.39 is 0 Å². The number of methoxy groups -OCH3 is 2. The zero-order valence-electron chi connectivity index (χ0n) is 17.5. The van der Waals surface area contributed by atoms with E-state index in [2.05, 4.69) is 16.4 Å². The summed E-state index contributed by atoms with van der Waals surface area (Å²) in [6.45, 7) is 0.585. The van der Waals surface area contributed by atoms with Gasteiger partial charge in [0, 0.05) is 41.4 Å². The summed E-state index contributed by atoms with van der Waals surface area (Å²) in [5.41, 5.74) is 2.06. The third kappa shape index (κ3) is 4.24. The summed E-state index contributed by atoms with van der Waals surface area (Å²) in [7, 11) is 3.29. The second-order valence-electron chi connectivity index (χ2n) is 7.93. The van der Waals surface area contributed by atoms with Crippen LogP contribution < -0.4 is 14.8 Å². The molecule has 1 aliphatic heterocycles. The number of thioether (sulfide) groups is 1. The molecule has 2 aromatic rings. The minimum Gasteiger partial charge on any atom is -0.497 e. The van der Waals surface area contributed by atoms with E-state index in [1.807, 2.05) is 12.1 Å². The van der Waals surface area contributed by atoms with Crippen molar-refractivity contribution in [2.45, 2.75) is 38.1 Å². The smallest absolute Gasteiger partial charge is 0.243 e. The number of carbonyl (C=O) groups excluding carboxylic acids is 2. The van der Waals surface area contributed by atoms with Crippen LogP contribution in [0, 0.1) is 5.92 Å². The van der Waals surface area contributed by atoms with E-state index in [1.165, 1.54) is 0 Å². The molecule has 1 saturated heterocycles. The van der Waals surface area contributed by atoms with Gasteiger partial charge in [-0.2, -0.15) is 0 Å². The quantitative estimate of drug-likeness (QED) is 0.628. The Kier molecular flexibility index (Phi) is 6.41. The second kappa shape index (κ2) is 9.20. The maximum absolute atomic E-state index is 12.6. The zero-order chi connectivity index (χ0) is 21.1. The molecule has 0 spiro atoms. The lowest BCUT2D eigenvalue weighted by atomic mass is 9.84. The number of aromatic amines is 1. The molecule has 1 saturated carbocycles. The molecular formula is C22H29N3O4S. The molecule has 2 fully saturated rings. The van der Waals surface area contributed by atoms with Crippen LogP contribution >= 0.6 is 11.8 Å². The van der Waals surface area contributed by atoms with Gasteiger partial charge in [-0.15, -0.1) is 11.8 Å². The molecule has 1 aromatic carbocycles. The van der Waals surface area contributed by atoms with Crippen LogP contribution in [-0.2, 0) is 16.0 Å². The summed E-state index contributed by atoms with van der Waals surface area (Å²) >= 11 is 1.66. The third-order valence-electron chi connectivity index (χ3n) is 6.03. The molecule has 7 nitrogen and oxygen atoms in total. The highest BCUT2D eigenvalue weighted by Crippen LogP contribution is 2.33. The number of benzene rings is 1. The average Bonchev–Trinajstić information content (AvgIpc) is 3.35. The Morgan fingerprint density at radius 3 is 2.77 bits per heavy atom. The molecule has 0 bridgehead atoms. The van der Waals surface area contributed by atoms with Gasteiger partial charge in [0.1, 0.15) is 17.5 Å². The highest BCUT2D eigenvalue weighted by Gasteiger charge is 2.39. The van der Waals surface area contributed by atoms with E-state index in [1.54, 1.807) is 30.9 Å². The Morgan fingerprint density at radius 1 is 1.23 bits per heavy atom. The van der Waals surface area contributed by atoms with E-state index in [0.717, 1.165) is 60.2 Å². The molecule has 30 heavy (non-hydrogen) atoms. The van der Waals surface area contributed by atoms with Crippen LogP contribution in [0.3, 0.4) is 0 Å². The van der Waals surface area contributed by atoms with E-state index in [9.17, 15) is 9.59 Å². The fraction of sp³-hybridized carbons (Fsp3) is 0.545. The molecule has 0 unspecified atom stereocenters. The molecular weight excluding hydrogens is 402 g/mol. The molecule has 2 aliphatic rings. The topological polar surface area (TPSA) is 83.7 Å². The summed E-state index contributed by atoms with van der Waals surface area (Å²) in [6.07, 6.45) is 4.69. The van der Waals surface area contributed by atoms with Crippen LogP contribution in [0.15, 0.2) is 18.2 Å². The van der Waals surface area contributed by atoms with Gasteiger partial charge in [-0.05, 0) is 31.7 Å². The van der Waals surface area contributed by atoms with Crippen LogP contribution in [0.5, 0.6) is 11.5 Å². The molecule has 0 radical (unpaired) electrons. The number of hydrogen-bond acceptors (Lipinski definition) is 5. The summed E-state index contributed by atoms with van der Waals surface area (Å²) in [5, 5.41) is 4.04. The minimum absolute atomic E-state index is 0.0317. The number of rotatable bonds is 8. The van der Waals surface area contributed by atoms with Gasteiger partial charge in [-0.3, -0.25) is 9.59 Å². The van der Waals surface area contributed by atoms with Gasteiger partial charge in [-0.25, -0.2) is 0 Å². The first kappa shape index (κ1) is 20.9. The zero-order valence-corrected chi connectivity index (χ0v) is 18.3. The molecule has 8 heteroatoms. The van der Waals surface area contributed by atoms with Crippen molar-refractivity contribution in [3.05, 3.63) is 23.9 Å². The fourth-order valence-electron chi connectivity index (χ4n) is 4.03. The molecule has 1 atom stereocenters. The lowest BCUT2D eigenvalue weighted by molar-refractivity contribution is -0.143. The molecule has 2 heterocycles. The Hall–Kier alpha value is -2.35. The fourth-order valence-corrected chi connectivity index (χ4v) is 5.20. The van der Waals surface area contributed by atoms with Gasteiger partial charge in [-0.1, -0.05) is 6.42 Å². The number of aromatic nitrogens is 1. The van der Waals surface area contributed by atoms with Gasteiger partial charge in [0.15, 0.2) is 0 Å². The number of aryl methyl sites for hydroxylation is 1. The number of amides is 2. The number of nitrogens with one attached hydrogen (secondary N) is 2. The maximum Gasteiger partial charge on any atom is 0.243 e. The summed E-state index contributed by atoms with van der Waals surface area (Å²) in [4.78, 5) is 30.4. The Morgan fingerprint density at radius 2 is 2.07 bits per heavy atom. The van der Waals surface area contributed by atoms with Crippen LogP contribution in [0.1, 0.15) is 31.4 Å². The van der Waals surface area contributed by atoms with E-state index >= 15 is 0 Å². The highest BCUT2D eigenvalue weighted by molar-refractivity contribution is 7.99. The van der Waals surface area contributed by atoms with Crippen LogP contribution in [0.4, 0.5) is 0 Å². The largest absolute Gasteiger partial charge is 0.497 e. The van der Waals surface area contributed by atoms with Crippen molar-refractivity contribution in [3.63, 3.8) is 0 Å². The molecule has 4 rings (SSSR count). The first-order chi connectivity index (χ1) is 14.6. The number of nitrogens with zero attached hydrogens (tertiary/aromatic N) is 1. The number of fused-ring (bicyclic) bond motifs is 1. The minimum atomic E-state index is -0.326. The molecule has 2 amide bonds. The molecule has 162 valence electrons. The summed E-state index contributed by atoms with van der Waals surface area (Å²) in [5.74, 6) is 3.11. The van der Waals surface area contributed by atoms with E-state index in [-0.39, 0.29) is 23.8 Å². The second-order valence-corrected chi connectivity index (χ2v) is 8.93. The predicted octanol–water partition coefficient (Wildman–Crippen LogP) is 2.94. The Balaban J connectivity index is 1.29. The summed E-state index contributed by atoms with van der Waals surface area (Å²) < 4.78 is 10.8. The predicted molar refractivity (Wildman–Crippen MR) is 118 cm³/mol. The average molecular weight is 432 g/mol. The Bertz CT molecular complexity index is 924. The standard InChI is InChI=1S/C22H29N3O4S/c1-28-16-10-18-17(20(11-16)29-2)9-15(24-18)7-4-8-23-21(26)19-12-30-13-25(19)22(27)14-5-3-6-14/h9-11,14,19,24H,3-8,12-13H2,1-2H3,(H,23,26)/t19-/m0/s1. The molecule has 2 N–H and O–H groups in total. The van der Waals surface area contributed by atoms with Crippen molar-refractivity contribution in [1.29, 1.82) is 0 Å². The molecule has 1 aromatic heterocycles. The SMILES string of the molecule is COc1cc(OC)c2cc(CCCNC(=O)[C@@H]3CSCN3C(=O)C3CCC3)[nH]c2c1. The van der Waals surface area contributed by atoms with E-state index in [4.69, 9.17) is 9.47 Å². The van der Waals surface area contributed by atoms with Gasteiger partial charge >= 0.3 is 0 Å². The van der Waals surface area contributed by atoms with Crippen LogP contribution in [0.25, 0.3) is 10.9 Å². The van der Waals surface area contributed by atoms with Crippen molar-refractivity contribution in [1.82, 2.24) is 15.2 Å². The number of H-pyrrole nitrogens is 1. The third-order valence-corrected chi connectivity index (χ3v) is 7.04. The highest BCUT2D eigenvalue weighted by atomic mass is 32.2. The van der Waals surface area contributed by atoms with Gasteiger partial charge in [0.05, 0.1) is 25.6 Å².